The normalized spacial score (nSPS) is 11.2. The second kappa shape index (κ2) is 6.29. The zero-order valence-electron chi connectivity index (χ0n) is 10.6. The van der Waals surface area contributed by atoms with E-state index in [0.29, 0.717) is 5.56 Å². The molecule has 0 amide bonds. The molecule has 21 heavy (non-hydrogen) atoms. The van der Waals surface area contributed by atoms with Crippen molar-refractivity contribution in [1.82, 2.24) is 4.98 Å². The Morgan fingerprint density at radius 3 is 2.76 bits per heavy atom. The van der Waals surface area contributed by atoms with Crippen molar-refractivity contribution in [2.45, 2.75) is 12.8 Å². The summed E-state index contributed by atoms with van der Waals surface area (Å²) in [5, 5.41) is 0. The average molecular weight is 301 g/mol. The second-order valence-electron chi connectivity index (χ2n) is 3.97. The van der Waals surface area contributed by atoms with Gasteiger partial charge in [-0.25, -0.2) is 9.78 Å². The van der Waals surface area contributed by atoms with Crippen LogP contribution < -0.4 is 4.74 Å². The standard InChI is InChI=1S/C13H10F3NO4/c14-13(15,16)8-21-11-3-1-2-10(17-11)12(18)20-7-9-4-5-19-6-9/h1-6H,7-8H2. The molecule has 0 aliphatic carbocycles. The van der Waals surface area contributed by atoms with Crippen molar-refractivity contribution in [2.75, 3.05) is 6.61 Å². The monoisotopic (exact) mass is 301 g/mol. The van der Waals surface area contributed by atoms with E-state index in [1.54, 1.807) is 6.07 Å². The molecule has 0 radical (unpaired) electrons. The fourth-order valence-electron chi connectivity index (χ4n) is 1.36. The molecule has 2 heterocycles. The van der Waals surface area contributed by atoms with E-state index in [4.69, 9.17) is 9.15 Å². The van der Waals surface area contributed by atoms with Gasteiger partial charge in [0.2, 0.25) is 5.88 Å². The molecule has 0 aliphatic rings. The van der Waals surface area contributed by atoms with Gasteiger partial charge in [-0.3, -0.25) is 0 Å². The summed E-state index contributed by atoms with van der Waals surface area (Å²) in [6.07, 6.45) is -1.64. The molecule has 0 bridgehead atoms. The van der Waals surface area contributed by atoms with Gasteiger partial charge in [0.25, 0.3) is 0 Å². The first-order valence-electron chi connectivity index (χ1n) is 5.79. The molecule has 0 unspecified atom stereocenters. The lowest BCUT2D eigenvalue weighted by Crippen LogP contribution is -2.20. The molecule has 8 heteroatoms. The largest absolute Gasteiger partial charge is 0.472 e. The van der Waals surface area contributed by atoms with Crippen LogP contribution in [0.15, 0.2) is 41.2 Å². The molecule has 0 saturated heterocycles. The molecular formula is C13H10F3NO4. The number of alkyl halides is 3. The van der Waals surface area contributed by atoms with Crippen LogP contribution >= 0.6 is 0 Å². The van der Waals surface area contributed by atoms with Gasteiger partial charge >= 0.3 is 12.1 Å². The molecule has 0 atom stereocenters. The number of esters is 1. The van der Waals surface area contributed by atoms with Crippen LogP contribution in [0.4, 0.5) is 13.2 Å². The number of rotatable bonds is 5. The Hall–Kier alpha value is -2.51. The number of carbonyl (C=O) groups is 1. The zero-order valence-corrected chi connectivity index (χ0v) is 10.6. The Labute approximate surface area is 117 Å². The lowest BCUT2D eigenvalue weighted by Gasteiger charge is -2.09. The van der Waals surface area contributed by atoms with Gasteiger partial charge in [-0.05, 0) is 12.1 Å². The van der Waals surface area contributed by atoms with Crippen LogP contribution in [0.2, 0.25) is 0 Å². The number of aromatic nitrogens is 1. The minimum absolute atomic E-state index is 0.0232. The third kappa shape index (κ3) is 4.83. The maximum Gasteiger partial charge on any atom is 0.422 e. The summed E-state index contributed by atoms with van der Waals surface area (Å²) in [5.74, 6) is -1.07. The fraction of sp³-hybridized carbons (Fsp3) is 0.231. The second-order valence-corrected chi connectivity index (χ2v) is 3.97. The third-order valence-corrected chi connectivity index (χ3v) is 2.27. The molecule has 0 N–H and O–H groups in total. The van der Waals surface area contributed by atoms with Gasteiger partial charge in [0, 0.05) is 11.6 Å². The summed E-state index contributed by atoms with van der Waals surface area (Å²) >= 11 is 0. The summed E-state index contributed by atoms with van der Waals surface area (Å²) in [7, 11) is 0. The molecule has 0 aliphatic heterocycles. The Morgan fingerprint density at radius 2 is 2.10 bits per heavy atom. The Morgan fingerprint density at radius 1 is 1.29 bits per heavy atom. The van der Waals surface area contributed by atoms with E-state index in [1.165, 1.54) is 30.7 Å². The van der Waals surface area contributed by atoms with E-state index in [0.717, 1.165) is 0 Å². The van der Waals surface area contributed by atoms with Crippen LogP contribution in [0.5, 0.6) is 5.88 Å². The van der Waals surface area contributed by atoms with Crippen LogP contribution in [0.3, 0.4) is 0 Å². The Balaban J connectivity index is 1.94. The molecule has 112 valence electrons. The molecule has 0 fully saturated rings. The van der Waals surface area contributed by atoms with Crippen LogP contribution in [-0.4, -0.2) is 23.7 Å². The van der Waals surface area contributed by atoms with Crippen LogP contribution in [0.25, 0.3) is 0 Å². The van der Waals surface area contributed by atoms with Crippen molar-refractivity contribution in [1.29, 1.82) is 0 Å². The first kappa shape index (κ1) is 14.9. The van der Waals surface area contributed by atoms with E-state index < -0.39 is 18.8 Å². The molecule has 0 aromatic carbocycles. The van der Waals surface area contributed by atoms with E-state index in [-0.39, 0.29) is 18.2 Å². The molecular weight excluding hydrogens is 291 g/mol. The maximum absolute atomic E-state index is 12.0. The highest BCUT2D eigenvalue weighted by atomic mass is 19.4. The van der Waals surface area contributed by atoms with E-state index >= 15 is 0 Å². The van der Waals surface area contributed by atoms with Gasteiger partial charge in [0.15, 0.2) is 12.3 Å². The van der Waals surface area contributed by atoms with Gasteiger partial charge in [-0.1, -0.05) is 6.07 Å². The number of hydrogen-bond acceptors (Lipinski definition) is 5. The van der Waals surface area contributed by atoms with Gasteiger partial charge in [-0.15, -0.1) is 0 Å². The number of furan rings is 1. The molecule has 0 saturated carbocycles. The van der Waals surface area contributed by atoms with Crippen molar-refractivity contribution < 1.29 is 31.9 Å². The van der Waals surface area contributed by atoms with Crippen LogP contribution in [0, 0.1) is 0 Å². The Kier molecular flexibility index (Phi) is 4.46. The highest BCUT2D eigenvalue weighted by Gasteiger charge is 2.28. The SMILES string of the molecule is O=C(OCc1ccoc1)c1cccc(OCC(F)(F)F)n1. The zero-order chi connectivity index (χ0) is 15.3. The molecule has 2 aromatic rings. The predicted molar refractivity (Wildman–Crippen MR) is 63.6 cm³/mol. The number of nitrogens with zero attached hydrogens (tertiary/aromatic N) is 1. The van der Waals surface area contributed by atoms with E-state index in [9.17, 15) is 18.0 Å². The fourth-order valence-corrected chi connectivity index (χ4v) is 1.36. The van der Waals surface area contributed by atoms with Gasteiger partial charge in [0.05, 0.1) is 12.5 Å². The maximum atomic E-state index is 12.0. The van der Waals surface area contributed by atoms with E-state index in [2.05, 4.69) is 9.72 Å². The lowest BCUT2D eigenvalue weighted by molar-refractivity contribution is -0.154. The van der Waals surface area contributed by atoms with Gasteiger partial charge < -0.3 is 13.9 Å². The summed E-state index contributed by atoms with van der Waals surface area (Å²) in [6.45, 7) is -1.50. The first-order valence-corrected chi connectivity index (χ1v) is 5.79. The lowest BCUT2D eigenvalue weighted by atomic mass is 10.3. The first-order chi connectivity index (χ1) is 9.94. The molecule has 0 spiro atoms. The minimum atomic E-state index is -4.47. The van der Waals surface area contributed by atoms with Crippen molar-refractivity contribution in [3.63, 3.8) is 0 Å². The summed E-state index contributed by atoms with van der Waals surface area (Å²) in [6, 6.07) is 5.51. The summed E-state index contributed by atoms with van der Waals surface area (Å²) in [5.41, 5.74) is 0.506. The molecule has 2 rings (SSSR count). The molecule has 5 nitrogen and oxygen atoms in total. The summed E-state index contributed by atoms with van der Waals surface area (Å²) in [4.78, 5) is 15.4. The number of carbonyl (C=O) groups excluding carboxylic acids is 1. The van der Waals surface area contributed by atoms with Gasteiger partial charge in [0.1, 0.15) is 6.61 Å². The van der Waals surface area contributed by atoms with Crippen LogP contribution in [0.1, 0.15) is 16.1 Å². The van der Waals surface area contributed by atoms with Crippen molar-refractivity contribution in [2.24, 2.45) is 0 Å². The average Bonchev–Trinajstić information content (AvgIpc) is 2.95. The van der Waals surface area contributed by atoms with E-state index in [1.807, 2.05) is 0 Å². The molecule has 2 aromatic heterocycles. The predicted octanol–water partition coefficient (Wildman–Crippen LogP) is 2.97. The van der Waals surface area contributed by atoms with Gasteiger partial charge in [-0.2, -0.15) is 13.2 Å². The van der Waals surface area contributed by atoms with Crippen molar-refractivity contribution in [3.05, 3.63) is 48.0 Å². The van der Waals surface area contributed by atoms with Crippen molar-refractivity contribution >= 4 is 5.97 Å². The topological polar surface area (TPSA) is 61.6 Å². The number of hydrogen-bond donors (Lipinski definition) is 0. The number of ether oxygens (including phenoxy) is 2. The quantitative estimate of drug-likeness (QED) is 0.795. The smallest absolute Gasteiger partial charge is 0.422 e. The van der Waals surface area contributed by atoms with Crippen LogP contribution in [-0.2, 0) is 11.3 Å². The Bertz CT molecular complexity index is 596. The number of halogens is 3. The highest BCUT2D eigenvalue weighted by Crippen LogP contribution is 2.17. The minimum Gasteiger partial charge on any atom is -0.472 e. The van der Waals surface area contributed by atoms with Crippen molar-refractivity contribution in [3.8, 4) is 5.88 Å². The highest BCUT2D eigenvalue weighted by molar-refractivity contribution is 5.87. The summed E-state index contributed by atoms with van der Waals surface area (Å²) < 4.78 is 50.3. The third-order valence-electron chi connectivity index (χ3n) is 2.27. The number of pyridine rings is 1.